The largest absolute Gasteiger partial charge is 0.389 e. The molecule has 0 unspecified atom stereocenters. The minimum Gasteiger partial charge on any atom is -0.389 e. The molecule has 1 amide bonds. The molecule has 4 heteroatoms. The average molecular weight is 270 g/mol. The van der Waals surface area contributed by atoms with Gasteiger partial charge in [-0.3, -0.25) is 9.69 Å². The quantitative estimate of drug-likeness (QED) is 0.802. The smallest absolute Gasteiger partial charge is 0.234 e. The van der Waals surface area contributed by atoms with Crippen LogP contribution < -0.4 is 5.32 Å². The van der Waals surface area contributed by atoms with E-state index in [1.54, 1.807) is 13.8 Å². The topological polar surface area (TPSA) is 52.6 Å². The van der Waals surface area contributed by atoms with Crippen LogP contribution in [-0.4, -0.2) is 47.7 Å². The number of aliphatic hydroxyl groups is 1. The molecular formula is C15H30N2O2. The number of carbonyl (C=O) groups excluding carboxylic acids is 1. The second-order valence-electron chi connectivity index (χ2n) is 6.59. The molecule has 0 spiro atoms. The molecule has 19 heavy (non-hydrogen) atoms. The standard InChI is InChI=1S/C15H30N2O2/c1-15(2,19)12-17(3)11-14(18)16-13-9-7-5-4-6-8-10-13/h13,19H,4-12H2,1-3H3,(H,16,18). The highest BCUT2D eigenvalue weighted by Gasteiger charge is 2.19. The van der Waals surface area contributed by atoms with Gasteiger partial charge in [-0.1, -0.05) is 32.1 Å². The van der Waals surface area contributed by atoms with Crippen LogP contribution in [0.2, 0.25) is 0 Å². The van der Waals surface area contributed by atoms with E-state index < -0.39 is 5.60 Å². The van der Waals surface area contributed by atoms with Crippen molar-refractivity contribution in [3.8, 4) is 0 Å². The van der Waals surface area contributed by atoms with Gasteiger partial charge in [-0.25, -0.2) is 0 Å². The molecule has 1 rings (SSSR count). The monoisotopic (exact) mass is 270 g/mol. The number of hydrogen-bond donors (Lipinski definition) is 2. The zero-order valence-corrected chi connectivity index (χ0v) is 12.7. The van der Waals surface area contributed by atoms with Crippen molar-refractivity contribution in [3.63, 3.8) is 0 Å². The number of nitrogens with zero attached hydrogens (tertiary/aromatic N) is 1. The van der Waals surface area contributed by atoms with E-state index in [0.29, 0.717) is 19.1 Å². The van der Waals surface area contributed by atoms with E-state index >= 15 is 0 Å². The zero-order chi connectivity index (χ0) is 14.3. The Morgan fingerprint density at radius 3 is 2.26 bits per heavy atom. The van der Waals surface area contributed by atoms with Gasteiger partial charge in [-0.15, -0.1) is 0 Å². The van der Waals surface area contributed by atoms with Gasteiger partial charge in [-0.05, 0) is 33.7 Å². The molecule has 0 aliphatic heterocycles. The van der Waals surface area contributed by atoms with Gasteiger partial charge in [-0.2, -0.15) is 0 Å². The maximum atomic E-state index is 12.0. The summed E-state index contributed by atoms with van der Waals surface area (Å²) in [6, 6.07) is 0.350. The molecule has 1 fully saturated rings. The van der Waals surface area contributed by atoms with E-state index in [0.717, 1.165) is 12.8 Å². The SMILES string of the molecule is CN(CC(=O)NC1CCCCCCC1)CC(C)(C)O. The molecule has 0 atom stereocenters. The summed E-state index contributed by atoms with van der Waals surface area (Å²) < 4.78 is 0. The van der Waals surface area contributed by atoms with Crippen molar-refractivity contribution in [1.29, 1.82) is 0 Å². The van der Waals surface area contributed by atoms with E-state index in [1.165, 1.54) is 32.1 Å². The van der Waals surface area contributed by atoms with Crippen molar-refractivity contribution in [2.75, 3.05) is 20.1 Å². The van der Waals surface area contributed by atoms with Gasteiger partial charge >= 0.3 is 0 Å². The van der Waals surface area contributed by atoms with Gasteiger partial charge in [0.1, 0.15) is 0 Å². The summed E-state index contributed by atoms with van der Waals surface area (Å²) in [5, 5.41) is 12.9. The Morgan fingerprint density at radius 1 is 1.21 bits per heavy atom. The van der Waals surface area contributed by atoms with Crippen LogP contribution in [-0.2, 0) is 4.79 Å². The molecular weight excluding hydrogens is 240 g/mol. The van der Waals surface area contributed by atoms with E-state index in [9.17, 15) is 9.90 Å². The van der Waals surface area contributed by atoms with E-state index in [2.05, 4.69) is 5.32 Å². The minimum absolute atomic E-state index is 0.0809. The first kappa shape index (κ1) is 16.4. The summed E-state index contributed by atoms with van der Waals surface area (Å²) in [6.45, 7) is 4.39. The molecule has 2 N–H and O–H groups in total. The number of amides is 1. The molecule has 0 aromatic heterocycles. The number of likely N-dealkylation sites (N-methyl/N-ethyl adjacent to an activating group) is 1. The molecule has 0 aromatic rings. The maximum Gasteiger partial charge on any atom is 0.234 e. The van der Waals surface area contributed by atoms with Crippen molar-refractivity contribution < 1.29 is 9.90 Å². The van der Waals surface area contributed by atoms with Gasteiger partial charge in [0, 0.05) is 12.6 Å². The fraction of sp³-hybridized carbons (Fsp3) is 0.933. The van der Waals surface area contributed by atoms with Crippen LogP contribution >= 0.6 is 0 Å². The number of carbonyl (C=O) groups is 1. The van der Waals surface area contributed by atoms with E-state index in [-0.39, 0.29) is 5.91 Å². The third-order valence-electron chi connectivity index (χ3n) is 3.54. The summed E-state index contributed by atoms with van der Waals surface area (Å²) in [7, 11) is 1.87. The molecule has 4 nitrogen and oxygen atoms in total. The predicted octanol–water partition coefficient (Wildman–Crippen LogP) is 1.92. The second kappa shape index (κ2) is 7.85. The van der Waals surface area contributed by atoms with Crippen LogP contribution in [0.5, 0.6) is 0 Å². The van der Waals surface area contributed by atoms with Gasteiger partial charge in [0.05, 0.1) is 12.1 Å². The summed E-state index contributed by atoms with van der Waals surface area (Å²) in [5.74, 6) is 0.0809. The molecule has 112 valence electrons. The Morgan fingerprint density at radius 2 is 1.74 bits per heavy atom. The lowest BCUT2D eigenvalue weighted by molar-refractivity contribution is -0.123. The number of nitrogens with one attached hydrogen (secondary N) is 1. The number of rotatable bonds is 5. The van der Waals surface area contributed by atoms with Crippen molar-refractivity contribution in [3.05, 3.63) is 0 Å². The maximum absolute atomic E-state index is 12.0. The van der Waals surface area contributed by atoms with Crippen molar-refractivity contribution in [1.82, 2.24) is 10.2 Å². The molecule has 1 saturated carbocycles. The highest BCUT2D eigenvalue weighted by atomic mass is 16.3. The second-order valence-corrected chi connectivity index (χ2v) is 6.59. The molecule has 0 heterocycles. The van der Waals surface area contributed by atoms with Gasteiger partial charge in [0.15, 0.2) is 0 Å². The number of hydrogen-bond acceptors (Lipinski definition) is 3. The van der Waals surface area contributed by atoms with Crippen molar-refractivity contribution in [2.45, 2.75) is 70.4 Å². The molecule has 0 radical (unpaired) electrons. The fourth-order valence-electron chi connectivity index (χ4n) is 2.84. The van der Waals surface area contributed by atoms with Crippen LogP contribution in [0.4, 0.5) is 0 Å². The highest BCUT2D eigenvalue weighted by Crippen LogP contribution is 2.17. The van der Waals surface area contributed by atoms with Crippen LogP contribution in [0.3, 0.4) is 0 Å². The van der Waals surface area contributed by atoms with Crippen molar-refractivity contribution in [2.24, 2.45) is 0 Å². The third-order valence-corrected chi connectivity index (χ3v) is 3.54. The van der Waals surface area contributed by atoms with Gasteiger partial charge in [0.25, 0.3) is 0 Å². The molecule has 0 bridgehead atoms. The molecule has 0 saturated heterocycles. The predicted molar refractivity (Wildman–Crippen MR) is 78.0 cm³/mol. The average Bonchev–Trinajstić information content (AvgIpc) is 2.18. The van der Waals surface area contributed by atoms with Crippen molar-refractivity contribution >= 4 is 5.91 Å². The summed E-state index contributed by atoms with van der Waals surface area (Å²) in [5.41, 5.74) is -0.755. The Labute approximate surface area is 117 Å². The summed E-state index contributed by atoms with van der Waals surface area (Å²) in [6.07, 6.45) is 8.61. The lowest BCUT2D eigenvalue weighted by Gasteiger charge is -2.26. The fourth-order valence-corrected chi connectivity index (χ4v) is 2.84. The third kappa shape index (κ3) is 8.22. The molecule has 1 aliphatic carbocycles. The normalized spacial score (nSPS) is 19.0. The first-order valence-corrected chi connectivity index (χ1v) is 7.57. The summed E-state index contributed by atoms with van der Waals surface area (Å²) >= 11 is 0. The van der Waals surface area contributed by atoms with Gasteiger partial charge in [0.2, 0.25) is 5.91 Å². The Kier molecular flexibility index (Phi) is 6.80. The van der Waals surface area contributed by atoms with Crippen LogP contribution in [0.25, 0.3) is 0 Å². The lowest BCUT2D eigenvalue weighted by Crippen LogP contribution is -2.44. The van der Waals surface area contributed by atoms with E-state index in [4.69, 9.17) is 0 Å². The Hall–Kier alpha value is -0.610. The first-order chi connectivity index (χ1) is 8.87. The lowest BCUT2D eigenvalue weighted by atomic mass is 9.97. The first-order valence-electron chi connectivity index (χ1n) is 7.57. The van der Waals surface area contributed by atoms with Crippen LogP contribution in [0.1, 0.15) is 58.8 Å². The molecule has 1 aliphatic rings. The summed E-state index contributed by atoms with van der Waals surface area (Å²) in [4.78, 5) is 13.8. The van der Waals surface area contributed by atoms with E-state index in [1.807, 2.05) is 11.9 Å². The van der Waals surface area contributed by atoms with Crippen LogP contribution in [0.15, 0.2) is 0 Å². The minimum atomic E-state index is -0.755. The van der Waals surface area contributed by atoms with Crippen LogP contribution in [0, 0.1) is 0 Å². The molecule has 0 aromatic carbocycles. The Balaban J connectivity index is 2.28. The zero-order valence-electron chi connectivity index (χ0n) is 12.7. The highest BCUT2D eigenvalue weighted by molar-refractivity contribution is 5.78. The Bertz CT molecular complexity index is 266. The van der Waals surface area contributed by atoms with Gasteiger partial charge < -0.3 is 10.4 Å².